The Labute approximate surface area is 221 Å². The third-order valence-electron chi connectivity index (χ3n) is 6.27. The molecule has 8 heteroatoms. The van der Waals surface area contributed by atoms with Gasteiger partial charge in [0.15, 0.2) is 0 Å². The highest BCUT2D eigenvalue weighted by atomic mass is 35.5. The molecule has 3 aromatic carbocycles. The van der Waals surface area contributed by atoms with Gasteiger partial charge in [-0.3, -0.25) is 9.69 Å². The maximum absolute atomic E-state index is 9.75. The number of rotatable bonds is 8. The van der Waals surface area contributed by atoms with Gasteiger partial charge in [0.05, 0.1) is 12.6 Å². The summed E-state index contributed by atoms with van der Waals surface area (Å²) >= 11 is 6.23. The average molecular weight is 525 g/mol. The molecule has 1 atom stereocenters. The Hall–Kier alpha value is -3.36. The molecular weight excluding hydrogens is 492 g/mol. The number of carbonyl (C=O) groups is 1. The van der Waals surface area contributed by atoms with Gasteiger partial charge in [-0.1, -0.05) is 41.9 Å². The van der Waals surface area contributed by atoms with Crippen LogP contribution >= 0.6 is 11.6 Å². The number of nitrogens with one attached hydrogen (secondary N) is 1. The van der Waals surface area contributed by atoms with Gasteiger partial charge in [0, 0.05) is 34.8 Å². The number of benzene rings is 3. The molecule has 0 bridgehead atoms. The molecular formula is C29H33ClN2O5. The SMILES string of the molecule is CN1CCc2c([nH]c3ccc(Cl)cc23)C1c1ccc(OCCCCO)cc1.O.O=COc1ccccc1. The van der Waals surface area contributed by atoms with Crippen LogP contribution in [0.3, 0.4) is 0 Å². The largest absolute Gasteiger partial charge is 0.494 e. The van der Waals surface area contributed by atoms with Crippen molar-refractivity contribution in [3.05, 3.63) is 94.6 Å². The van der Waals surface area contributed by atoms with E-state index < -0.39 is 0 Å². The molecule has 7 nitrogen and oxygen atoms in total. The zero-order chi connectivity index (χ0) is 25.3. The highest BCUT2D eigenvalue weighted by Crippen LogP contribution is 2.38. The maximum atomic E-state index is 9.75. The number of halogens is 1. The molecule has 0 amide bonds. The first-order chi connectivity index (χ1) is 17.6. The number of likely N-dealkylation sites (N-methyl/N-ethyl adjacent to an activating group) is 1. The van der Waals surface area contributed by atoms with Crippen molar-refractivity contribution in [3.8, 4) is 11.5 Å². The summed E-state index contributed by atoms with van der Waals surface area (Å²) in [6.07, 6.45) is 2.66. The van der Waals surface area contributed by atoms with E-state index in [2.05, 4.69) is 45.9 Å². The number of para-hydroxylation sites is 1. The average Bonchev–Trinajstić information content (AvgIpc) is 3.26. The minimum Gasteiger partial charge on any atom is -0.494 e. The second-order valence-corrected chi connectivity index (χ2v) is 9.15. The smallest absolute Gasteiger partial charge is 0.298 e. The highest BCUT2D eigenvalue weighted by molar-refractivity contribution is 6.31. The lowest BCUT2D eigenvalue weighted by atomic mass is 9.93. The van der Waals surface area contributed by atoms with Gasteiger partial charge in [-0.05, 0) is 79.9 Å². The van der Waals surface area contributed by atoms with Crippen LogP contribution in [0.2, 0.25) is 5.02 Å². The number of ether oxygens (including phenoxy) is 2. The fourth-order valence-electron chi connectivity index (χ4n) is 4.51. The Morgan fingerprint density at radius 1 is 1.05 bits per heavy atom. The van der Waals surface area contributed by atoms with Crippen LogP contribution in [0.25, 0.3) is 10.9 Å². The number of nitrogens with zero attached hydrogens (tertiary/aromatic N) is 1. The molecule has 2 heterocycles. The van der Waals surface area contributed by atoms with E-state index in [0.717, 1.165) is 42.1 Å². The minimum absolute atomic E-state index is 0. The van der Waals surface area contributed by atoms with Crippen LogP contribution in [0.4, 0.5) is 0 Å². The summed E-state index contributed by atoms with van der Waals surface area (Å²) in [7, 11) is 2.17. The highest BCUT2D eigenvalue weighted by Gasteiger charge is 2.29. The first-order valence-electron chi connectivity index (χ1n) is 12.1. The quantitative estimate of drug-likeness (QED) is 0.250. The van der Waals surface area contributed by atoms with Crippen molar-refractivity contribution in [1.29, 1.82) is 0 Å². The van der Waals surface area contributed by atoms with Crippen molar-refractivity contribution in [1.82, 2.24) is 9.88 Å². The van der Waals surface area contributed by atoms with Gasteiger partial charge in [-0.25, -0.2) is 0 Å². The molecule has 0 spiro atoms. The van der Waals surface area contributed by atoms with Crippen LogP contribution in [0.5, 0.6) is 11.5 Å². The summed E-state index contributed by atoms with van der Waals surface area (Å²) in [4.78, 5) is 15.8. The fraction of sp³-hybridized carbons (Fsp3) is 0.276. The van der Waals surface area contributed by atoms with Gasteiger partial charge >= 0.3 is 0 Å². The van der Waals surface area contributed by atoms with Crippen LogP contribution in [-0.4, -0.2) is 53.7 Å². The number of hydrogen-bond acceptors (Lipinski definition) is 5. The lowest BCUT2D eigenvalue weighted by Crippen LogP contribution is -2.32. The van der Waals surface area contributed by atoms with E-state index in [-0.39, 0.29) is 18.1 Å². The Morgan fingerprint density at radius 3 is 2.51 bits per heavy atom. The van der Waals surface area contributed by atoms with Gasteiger partial charge in [0.25, 0.3) is 6.47 Å². The summed E-state index contributed by atoms with van der Waals surface area (Å²) < 4.78 is 10.3. The molecule has 0 saturated heterocycles. The van der Waals surface area contributed by atoms with Gasteiger partial charge in [0.1, 0.15) is 11.5 Å². The standard InChI is InChI=1S/C22H25ClN2O2.C7H6O2.H2O/c1-25-11-10-18-19-14-16(23)6-9-20(19)24-21(18)22(25)15-4-7-17(8-5-15)27-13-3-2-12-26;8-6-9-7-4-2-1-3-5-7;/h4-9,14,22,24,26H,2-3,10-13H2,1H3;1-6H;1H2. The number of H-pyrrole nitrogens is 1. The Bertz CT molecular complexity index is 1260. The van der Waals surface area contributed by atoms with Gasteiger partial charge in [0.2, 0.25) is 0 Å². The molecule has 5 rings (SSSR count). The molecule has 1 aromatic heterocycles. The van der Waals surface area contributed by atoms with E-state index >= 15 is 0 Å². The summed E-state index contributed by atoms with van der Waals surface area (Å²) in [6, 6.07) is 23.5. The number of aliphatic hydroxyl groups is 1. The fourth-order valence-corrected chi connectivity index (χ4v) is 4.68. The zero-order valence-electron chi connectivity index (χ0n) is 20.8. The summed E-state index contributed by atoms with van der Waals surface area (Å²) in [5.74, 6) is 1.45. The van der Waals surface area contributed by atoms with E-state index in [1.54, 1.807) is 24.3 Å². The molecule has 4 aromatic rings. The molecule has 196 valence electrons. The Morgan fingerprint density at radius 2 is 1.81 bits per heavy atom. The Balaban J connectivity index is 0.000000324. The first-order valence-corrected chi connectivity index (χ1v) is 12.5. The van der Waals surface area contributed by atoms with Gasteiger partial charge in [-0.2, -0.15) is 0 Å². The molecule has 0 aliphatic carbocycles. The Kier molecular flexibility index (Phi) is 10.5. The number of aromatic amines is 1. The predicted molar refractivity (Wildman–Crippen MR) is 146 cm³/mol. The lowest BCUT2D eigenvalue weighted by Gasteiger charge is -2.33. The van der Waals surface area contributed by atoms with E-state index in [0.29, 0.717) is 18.8 Å². The van der Waals surface area contributed by atoms with Crippen molar-refractivity contribution in [2.75, 3.05) is 26.8 Å². The molecule has 4 N–H and O–H groups in total. The number of fused-ring (bicyclic) bond motifs is 3. The van der Waals surface area contributed by atoms with E-state index in [9.17, 15) is 4.79 Å². The molecule has 0 saturated carbocycles. The topological polar surface area (TPSA) is 106 Å². The normalized spacial score (nSPS) is 14.6. The predicted octanol–water partition coefficient (Wildman–Crippen LogP) is 4.95. The number of aliphatic hydroxyl groups excluding tert-OH is 1. The molecule has 0 fully saturated rings. The number of aromatic nitrogens is 1. The third kappa shape index (κ3) is 7.11. The van der Waals surface area contributed by atoms with E-state index in [1.807, 2.05) is 24.3 Å². The lowest BCUT2D eigenvalue weighted by molar-refractivity contribution is -0.120. The molecule has 1 aliphatic rings. The van der Waals surface area contributed by atoms with Crippen molar-refractivity contribution in [2.24, 2.45) is 0 Å². The monoisotopic (exact) mass is 524 g/mol. The van der Waals surface area contributed by atoms with Crippen LogP contribution in [0, 0.1) is 0 Å². The van der Waals surface area contributed by atoms with Gasteiger partial charge < -0.3 is 25.0 Å². The zero-order valence-corrected chi connectivity index (χ0v) is 21.6. The van der Waals surface area contributed by atoms with Crippen molar-refractivity contribution >= 4 is 29.0 Å². The number of carbonyl (C=O) groups excluding carboxylic acids is 1. The van der Waals surface area contributed by atoms with Crippen molar-refractivity contribution < 1.29 is 24.9 Å². The summed E-state index contributed by atoms with van der Waals surface area (Å²) in [6.45, 7) is 2.27. The van der Waals surface area contributed by atoms with Crippen molar-refractivity contribution in [2.45, 2.75) is 25.3 Å². The van der Waals surface area contributed by atoms with Gasteiger partial charge in [-0.15, -0.1) is 0 Å². The van der Waals surface area contributed by atoms with Crippen LogP contribution in [-0.2, 0) is 11.2 Å². The van der Waals surface area contributed by atoms with Crippen LogP contribution in [0.15, 0.2) is 72.8 Å². The third-order valence-corrected chi connectivity index (χ3v) is 6.51. The maximum Gasteiger partial charge on any atom is 0.298 e. The summed E-state index contributed by atoms with van der Waals surface area (Å²) in [5, 5.41) is 10.9. The first kappa shape index (κ1) is 28.2. The van der Waals surface area contributed by atoms with Crippen molar-refractivity contribution in [3.63, 3.8) is 0 Å². The number of hydrogen-bond donors (Lipinski definition) is 2. The molecule has 1 aliphatic heterocycles. The molecule has 1 unspecified atom stereocenters. The van der Waals surface area contributed by atoms with Crippen LogP contribution < -0.4 is 9.47 Å². The second kappa shape index (κ2) is 13.8. The minimum atomic E-state index is 0. The second-order valence-electron chi connectivity index (χ2n) is 8.72. The van der Waals surface area contributed by atoms with Crippen LogP contribution in [0.1, 0.15) is 35.7 Å². The number of unbranched alkanes of at least 4 members (excludes halogenated alkanes) is 1. The van der Waals surface area contributed by atoms with E-state index in [1.165, 1.54) is 22.2 Å². The van der Waals surface area contributed by atoms with E-state index in [4.69, 9.17) is 21.4 Å². The summed E-state index contributed by atoms with van der Waals surface area (Å²) in [5.41, 5.74) is 5.03. The molecule has 0 radical (unpaired) electrons. The molecule has 37 heavy (non-hydrogen) atoms.